The van der Waals surface area contributed by atoms with E-state index in [9.17, 15) is 9.59 Å². The highest BCUT2D eigenvalue weighted by Crippen LogP contribution is 2.77. The lowest BCUT2D eigenvalue weighted by atomic mass is 9.32. The number of nitrogens with one attached hydrogen (secondary N) is 1. The Kier molecular flexibility index (Phi) is 8.96. The molecule has 0 aromatic carbocycles. The van der Waals surface area contributed by atoms with Crippen molar-refractivity contribution >= 4 is 11.9 Å². The molecule has 1 aromatic rings. The maximum atomic E-state index is 13.6. The van der Waals surface area contributed by atoms with Gasteiger partial charge in [-0.1, -0.05) is 46.8 Å². The zero-order chi connectivity index (χ0) is 36.0. The number of esters is 2. The molecule has 7 rings (SSSR count). The van der Waals surface area contributed by atoms with Gasteiger partial charge in [-0.3, -0.25) is 9.78 Å². The van der Waals surface area contributed by atoms with E-state index in [-0.39, 0.29) is 51.2 Å². The quantitative estimate of drug-likeness (QED) is 0.236. The second kappa shape index (κ2) is 12.4. The molecule has 6 aliphatic rings. The largest absolute Gasteiger partial charge is 0.461 e. The Hall–Kier alpha value is -2.28. The van der Waals surface area contributed by atoms with E-state index in [4.69, 9.17) is 9.47 Å². The van der Waals surface area contributed by atoms with Gasteiger partial charge in [-0.05, 0) is 157 Å². The molecular weight excluding hydrogens is 622 g/mol. The molecule has 5 saturated carbocycles. The molecule has 0 amide bonds. The molecule has 2 heterocycles. The molecule has 1 aromatic heterocycles. The van der Waals surface area contributed by atoms with E-state index in [1.165, 1.54) is 37.7 Å². The molecule has 0 spiro atoms. The van der Waals surface area contributed by atoms with E-state index in [1.54, 1.807) is 0 Å². The van der Waals surface area contributed by atoms with Crippen molar-refractivity contribution in [3.05, 3.63) is 34.9 Å². The molecule has 0 unspecified atom stereocenters. The molecular formula is C43H65N3O4. The Morgan fingerprint density at radius 3 is 2.26 bits per heavy atom. The monoisotopic (exact) mass is 687 g/mol. The summed E-state index contributed by atoms with van der Waals surface area (Å²) in [4.78, 5) is 35.9. The van der Waals surface area contributed by atoms with Crippen molar-refractivity contribution in [2.45, 2.75) is 152 Å². The van der Waals surface area contributed by atoms with Gasteiger partial charge in [0.1, 0.15) is 12.1 Å². The van der Waals surface area contributed by atoms with Gasteiger partial charge in [0.2, 0.25) is 0 Å². The summed E-state index contributed by atoms with van der Waals surface area (Å²) in [6.07, 6.45) is 13.5. The van der Waals surface area contributed by atoms with Crippen LogP contribution < -0.4 is 5.32 Å². The van der Waals surface area contributed by atoms with Gasteiger partial charge >= 0.3 is 11.9 Å². The SMILES string of the molecule is C=C(C)[C@@H]1CC[C@]2(COC(=O)c3nc(C)c(C)nc3C)CC[C@]3(C)[C@H](CC[C@@H]4[C@@]5(C)CC[C@H](OC(=O)[C@@H]6CCCN6)C(C)(C)[C@@H]5CC[C@]43C)[C@@H]12. The first kappa shape index (κ1) is 36.1. The van der Waals surface area contributed by atoms with E-state index in [1.807, 2.05) is 20.8 Å². The first-order valence-electron chi connectivity index (χ1n) is 20.1. The van der Waals surface area contributed by atoms with Crippen LogP contribution in [0.5, 0.6) is 0 Å². The van der Waals surface area contributed by atoms with Crippen molar-refractivity contribution in [3.8, 4) is 0 Å². The number of carbonyl (C=O) groups is 2. The van der Waals surface area contributed by atoms with Crippen LogP contribution in [0, 0.1) is 77.4 Å². The number of ether oxygens (including phenoxy) is 2. The Labute approximate surface area is 301 Å². The summed E-state index contributed by atoms with van der Waals surface area (Å²) in [5, 5.41) is 3.36. The number of rotatable bonds is 6. The predicted octanol–water partition coefficient (Wildman–Crippen LogP) is 8.88. The van der Waals surface area contributed by atoms with Crippen molar-refractivity contribution in [1.82, 2.24) is 15.3 Å². The number of nitrogens with zero attached hydrogens (tertiary/aromatic N) is 2. The molecule has 1 N–H and O–H groups in total. The average Bonchev–Trinajstić information content (AvgIpc) is 3.73. The van der Waals surface area contributed by atoms with Crippen LogP contribution in [0.15, 0.2) is 12.2 Å². The summed E-state index contributed by atoms with van der Waals surface area (Å²) in [5.41, 5.74) is 4.52. The van der Waals surface area contributed by atoms with Crippen LogP contribution in [0.1, 0.15) is 146 Å². The molecule has 276 valence electrons. The molecule has 11 atom stereocenters. The highest BCUT2D eigenvalue weighted by atomic mass is 16.5. The van der Waals surface area contributed by atoms with Gasteiger partial charge in [-0.15, -0.1) is 0 Å². The minimum absolute atomic E-state index is 0.0156. The molecule has 0 radical (unpaired) electrons. The second-order valence-corrected chi connectivity index (χ2v) is 19.4. The van der Waals surface area contributed by atoms with E-state index >= 15 is 0 Å². The fourth-order valence-corrected chi connectivity index (χ4v) is 14.0. The van der Waals surface area contributed by atoms with Gasteiger partial charge in [0.05, 0.1) is 23.7 Å². The summed E-state index contributed by atoms with van der Waals surface area (Å²) >= 11 is 0. The summed E-state index contributed by atoms with van der Waals surface area (Å²) in [7, 11) is 0. The zero-order valence-electron chi connectivity index (χ0n) is 32.7. The lowest BCUT2D eigenvalue weighted by Crippen LogP contribution is -2.67. The molecule has 6 fully saturated rings. The number of hydrogen-bond acceptors (Lipinski definition) is 7. The minimum Gasteiger partial charge on any atom is -0.461 e. The van der Waals surface area contributed by atoms with Crippen molar-refractivity contribution in [2.24, 2.45) is 56.7 Å². The molecule has 50 heavy (non-hydrogen) atoms. The lowest BCUT2D eigenvalue weighted by Gasteiger charge is -2.73. The van der Waals surface area contributed by atoms with Crippen LogP contribution in [0.25, 0.3) is 0 Å². The summed E-state index contributed by atoms with van der Waals surface area (Å²) in [5.74, 6) is 2.32. The van der Waals surface area contributed by atoms with Crippen molar-refractivity contribution in [3.63, 3.8) is 0 Å². The Morgan fingerprint density at radius 1 is 0.820 bits per heavy atom. The predicted molar refractivity (Wildman–Crippen MR) is 196 cm³/mol. The van der Waals surface area contributed by atoms with Crippen molar-refractivity contribution < 1.29 is 19.1 Å². The highest BCUT2D eigenvalue weighted by Gasteiger charge is 2.71. The van der Waals surface area contributed by atoms with Crippen LogP contribution in [0.3, 0.4) is 0 Å². The number of fused-ring (bicyclic) bond motifs is 7. The zero-order valence-corrected chi connectivity index (χ0v) is 32.7. The first-order chi connectivity index (χ1) is 23.5. The summed E-state index contributed by atoms with van der Waals surface area (Å²) in [6, 6.07) is -0.130. The van der Waals surface area contributed by atoms with E-state index in [0.29, 0.717) is 47.6 Å². The topological polar surface area (TPSA) is 90.4 Å². The third-order valence-electron chi connectivity index (χ3n) is 16.9. The average molecular weight is 688 g/mol. The van der Waals surface area contributed by atoms with E-state index < -0.39 is 0 Å². The Bertz CT molecular complexity index is 1550. The van der Waals surface area contributed by atoms with Gasteiger partial charge < -0.3 is 14.8 Å². The molecule has 1 saturated heterocycles. The van der Waals surface area contributed by atoms with Gasteiger partial charge in [-0.25, -0.2) is 9.78 Å². The second-order valence-electron chi connectivity index (χ2n) is 19.4. The maximum Gasteiger partial charge on any atom is 0.358 e. The fraction of sp³-hybridized carbons (Fsp3) is 0.814. The van der Waals surface area contributed by atoms with E-state index in [0.717, 1.165) is 62.9 Å². The minimum atomic E-state index is -0.330. The van der Waals surface area contributed by atoms with E-state index in [2.05, 4.69) is 63.4 Å². The Morgan fingerprint density at radius 2 is 1.56 bits per heavy atom. The third kappa shape index (κ3) is 5.27. The van der Waals surface area contributed by atoms with Crippen LogP contribution in [0.4, 0.5) is 0 Å². The van der Waals surface area contributed by atoms with Crippen LogP contribution >= 0.6 is 0 Å². The van der Waals surface area contributed by atoms with Crippen LogP contribution in [0.2, 0.25) is 0 Å². The van der Waals surface area contributed by atoms with Crippen LogP contribution in [-0.2, 0) is 14.3 Å². The molecule has 0 bridgehead atoms. The number of allylic oxidation sites excluding steroid dienone is 1. The normalized spacial score (nSPS) is 43.2. The summed E-state index contributed by atoms with van der Waals surface area (Å²) < 4.78 is 12.7. The smallest absolute Gasteiger partial charge is 0.358 e. The number of carbonyl (C=O) groups excluding carboxylic acids is 2. The summed E-state index contributed by atoms with van der Waals surface area (Å²) in [6.45, 7) is 26.6. The first-order valence-corrected chi connectivity index (χ1v) is 20.1. The van der Waals surface area contributed by atoms with Crippen molar-refractivity contribution in [2.75, 3.05) is 13.2 Å². The number of hydrogen-bond donors (Lipinski definition) is 1. The fourth-order valence-electron chi connectivity index (χ4n) is 14.0. The molecule has 5 aliphatic carbocycles. The lowest BCUT2D eigenvalue weighted by molar-refractivity contribution is -0.251. The standard InChI is InChI=1S/C43H65N3O4/c1-25(2)29-15-20-43(24-49-38(48)36-28(5)45-26(3)27(4)46-36)22-21-41(9)30(35(29)43)13-14-33-40(8)18-17-34(50-37(47)31-12-11-23-44-31)39(6,7)32(40)16-19-42(33,41)10/h29-35,44H,1,11-24H2,2-10H3/t29-,30+,31-,32-,33+,34-,35+,40-,41+,42+,43+/m0/s1. The van der Waals surface area contributed by atoms with Crippen LogP contribution in [-0.4, -0.2) is 47.2 Å². The third-order valence-corrected chi connectivity index (χ3v) is 16.9. The van der Waals surface area contributed by atoms with Gasteiger partial charge in [0, 0.05) is 10.8 Å². The van der Waals surface area contributed by atoms with Gasteiger partial charge in [-0.2, -0.15) is 0 Å². The molecule has 7 nitrogen and oxygen atoms in total. The number of aromatic nitrogens is 2. The molecule has 7 heteroatoms. The highest BCUT2D eigenvalue weighted by molar-refractivity contribution is 5.88. The Balaban J connectivity index is 1.14. The van der Waals surface area contributed by atoms with Crippen molar-refractivity contribution in [1.29, 1.82) is 0 Å². The maximum absolute atomic E-state index is 13.6. The molecule has 1 aliphatic heterocycles. The number of aryl methyl sites for hydroxylation is 3. The van der Waals surface area contributed by atoms with Gasteiger partial charge in [0.15, 0.2) is 5.69 Å². The van der Waals surface area contributed by atoms with Gasteiger partial charge in [0.25, 0.3) is 0 Å².